The van der Waals surface area contributed by atoms with Crippen molar-refractivity contribution in [2.75, 3.05) is 6.54 Å². The van der Waals surface area contributed by atoms with Crippen LogP contribution >= 0.6 is 11.3 Å². The van der Waals surface area contributed by atoms with E-state index in [4.69, 9.17) is 4.74 Å². The topological polar surface area (TPSA) is 38.3 Å². The molecule has 0 unspecified atom stereocenters. The van der Waals surface area contributed by atoms with Crippen molar-refractivity contribution in [1.29, 1.82) is 0 Å². The fraction of sp³-hybridized carbons (Fsp3) is 0.312. The van der Waals surface area contributed by atoms with E-state index < -0.39 is 11.6 Å². The van der Waals surface area contributed by atoms with Crippen LogP contribution in [0.3, 0.4) is 0 Å². The summed E-state index contributed by atoms with van der Waals surface area (Å²) in [6.45, 7) is 4.77. The first-order valence-electron chi connectivity index (χ1n) is 6.89. The van der Waals surface area contributed by atoms with Crippen LogP contribution in [0, 0.1) is 17.6 Å². The summed E-state index contributed by atoms with van der Waals surface area (Å²) in [5, 5.41) is 4.61. The molecule has 6 heteroatoms. The molecule has 118 valence electrons. The molecule has 2 rings (SSSR count). The van der Waals surface area contributed by atoms with Crippen molar-refractivity contribution in [3.05, 3.63) is 51.7 Å². The highest BCUT2D eigenvalue weighted by Gasteiger charge is 2.11. The highest BCUT2D eigenvalue weighted by molar-refractivity contribution is 7.12. The summed E-state index contributed by atoms with van der Waals surface area (Å²) in [4.78, 5) is 12.5. The zero-order valence-electron chi connectivity index (χ0n) is 12.4. The molecule has 2 aromatic rings. The second kappa shape index (κ2) is 7.35. The van der Waals surface area contributed by atoms with Crippen LogP contribution in [0.15, 0.2) is 29.6 Å². The van der Waals surface area contributed by atoms with Gasteiger partial charge in [0, 0.05) is 18.2 Å². The maximum Gasteiger partial charge on any atom is 0.261 e. The summed E-state index contributed by atoms with van der Waals surface area (Å²) in [5.41, 5.74) is 0.767. The van der Waals surface area contributed by atoms with E-state index in [1.165, 1.54) is 17.4 Å². The van der Waals surface area contributed by atoms with Gasteiger partial charge in [-0.1, -0.05) is 13.8 Å². The highest BCUT2D eigenvalue weighted by Crippen LogP contribution is 2.21. The molecule has 0 fully saturated rings. The van der Waals surface area contributed by atoms with Gasteiger partial charge >= 0.3 is 0 Å². The average molecular weight is 325 g/mol. The standard InChI is InChI=1S/C16H17F2NO2S/c1-10(2)7-19-16(20)15-5-11(9-22-15)8-21-14-4-3-12(17)6-13(14)18/h3-6,9-10H,7-8H2,1-2H3,(H,19,20). The van der Waals surface area contributed by atoms with Gasteiger partial charge in [-0.15, -0.1) is 11.3 Å². The number of halogens is 2. The maximum atomic E-state index is 13.4. The van der Waals surface area contributed by atoms with Crippen LogP contribution in [0.25, 0.3) is 0 Å². The number of ether oxygens (including phenoxy) is 1. The molecule has 0 radical (unpaired) electrons. The van der Waals surface area contributed by atoms with Gasteiger partial charge in [0.05, 0.1) is 4.88 Å². The minimum atomic E-state index is -0.745. The first-order valence-corrected chi connectivity index (χ1v) is 7.77. The molecule has 0 bridgehead atoms. The third kappa shape index (κ3) is 4.53. The summed E-state index contributed by atoms with van der Waals surface area (Å²) >= 11 is 1.31. The molecule has 0 aliphatic rings. The SMILES string of the molecule is CC(C)CNC(=O)c1cc(COc2ccc(F)cc2F)cs1. The van der Waals surface area contributed by atoms with Crippen LogP contribution in [0.5, 0.6) is 5.75 Å². The fourth-order valence-corrected chi connectivity index (χ4v) is 2.52. The second-order valence-electron chi connectivity index (χ2n) is 5.29. The Hall–Kier alpha value is -1.95. The number of amides is 1. The van der Waals surface area contributed by atoms with Crippen molar-refractivity contribution >= 4 is 17.2 Å². The molecule has 1 N–H and O–H groups in total. The van der Waals surface area contributed by atoms with Crippen LogP contribution < -0.4 is 10.1 Å². The minimum absolute atomic E-state index is 0.0154. The van der Waals surface area contributed by atoms with Crippen LogP contribution in [0.1, 0.15) is 29.1 Å². The van der Waals surface area contributed by atoms with Crippen molar-refractivity contribution in [3.8, 4) is 5.75 Å². The number of hydrogen-bond acceptors (Lipinski definition) is 3. The minimum Gasteiger partial charge on any atom is -0.486 e. The Balaban J connectivity index is 1.93. The van der Waals surface area contributed by atoms with E-state index >= 15 is 0 Å². The normalized spacial score (nSPS) is 10.8. The van der Waals surface area contributed by atoms with Crippen molar-refractivity contribution in [2.45, 2.75) is 20.5 Å². The fourth-order valence-electron chi connectivity index (χ4n) is 1.71. The predicted octanol–water partition coefficient (Wildman–Crippen LogP) is 3.99. The molecule has 0 spiro atoms. The third-order valence-electron chi connectivity index (χ3n) is 2.84. The first kappa shape index (κ1) is 16.4. The smallest absolute Gasteiger partial charge is 0.261 e. The van der Waals surface area contributed by atoms with Gasteiger partial charge in [-0.25, -0.2) is 8.78 Å². The quantitative estimate of drug-likeness (QED) is 0.872. The number of hydrogen-bond donors (Lipinski definition) is 1. The number of nitrogens with one attached hydrogen (secondary N) is 1. The van der Waals surface area contributed by atoms with Gasteiger partial charge in [-0.2, -0.15) is 0 Å². The Morgan fingerprint density at radius 3 is 2.77 bits per heavy atom. The third-order valence-corrected chi connectivity index (χ3v) is 3.81. The van der Waals surface area contributed by atoms with E-state index in [1.54, 1.807) is 11.4 Å². The molecule has 0 atom stereocenters. The van der Waals surface area contributed by atoms with Crippen molar-refractivity contribution < 1.29 is 18.3 Å². The summed E-state index contributed by atoms with van der Waals surface area (Å²) in [5.74, 6) is -1.15. The largest absolute Gasteiger partial charge is 0.486 e. The van der Waals surface area contributed by atoms with Gasteiger partial charge in [0.25, 0.3) is 5.91 Å². The second-order valence-corrected chi connectivity index (χ2v) is 6.20. The molecule has 1 heterocycles. The van der Waals surface area contributed by atoms with Crippen molar-refractivity contribution in [3.63, 3.8) is 0 Å². The Morgan fingerprint density at radius 1 is 1.32 bits per heavy atom. The average Bonchev–Trinajstić information content (AvgIpc) is 2.92. The van der Waals surface area contributed by atoms with Crippen molar-refractivity contribution in [2.24, 2.45) is 5.92 Å². The van der Waals surface area contributed by atoms with Gasteiger partial charge in [0.2, 0.25) is 0 Å². The molecule has 3 nitrogen and oxygen atoms in total. The van der Waals surface area contributed by atoms with E-state index in [9.17, 15) is 13.6 Å². The summed E-state index contributed by atoms with van der Waals surface area (Å²) in [6, 6.07) is 4.86. The van der Waals surface area contributed by atoms with E-state index in [0.29, 0.717) is 17.3 Å². The van der Waals surface area contributed by atoms with Gasteiger partial charge in [0.1, 0.15) is 12.4 Å². The van der Waals surface area contributed by atoms with Gasteiger partial charge in [0.15, 0.2) is 11.6 Å². The molecule has 0 saturated carbocycles. The lowest BCUT2D eigenvalue weighted by Gasteiger charge is -2.06. The number of carbonyl (C=O) groups is 1. The van der Waals surface area contributed by atoms with E-state index in [2.05, 4.69) is 5.32 Å². The molecule has 22 heavy (non-hydrogen) atoms. The Bertz CT molecular complexity index is 655. The zero-order chi connectivity index (χ0) is 16.1. The zero-order valence-corrected chi connectivity index (χ0v) is 13.2. The number of benzene rings is 1. The van der Waals surface area contributed by atoms with Gasteiger partial charge in [-0.05, 0) is 29.5 Å². The summed E-state index contributed by atoms with van der Waals surface area (Å²) in [6.07, 6.45) is 0. The maximum absolute atomic E-state index is 13.4. The van der Waals surface area contributed by atoms with E-state index in [0.717, 1.165) is 17.7 Å². The molecule has 1 aromatic heterocycles. The lowest BCUT2D eigenvalue weighted by molar-refractivity contribution is 0.0953. The predicted molar refractivity (Wildman–Crippen MR) is 82.2 cm³/mol. The highest BCUT2D eigenvalue weighted by atomic mass is 32.1. The molecule has 0 aliphatic carbocycles. The monoisotopic (exact) mass is 325 g/mol. The van der Waals surface area contributed by atoms with Crippen LogP contribution in [-0.2, 0) is 6.61 Å². The Kier molecular flexibility index (Phi) is 5.49. The summed E-state index contributed by atoms with van der Waals surface area (Å²) < 4.78 is 31.5. The number of thiophene rings is 1. The Labute approximate surface area is 131 Å². The summed E-state index contributed by atoms with van der Waals surface area (Å²) in [7, 11) is 0. The molecule has 0 saturated heterocycles. The van der Waals surface area contributed by atoms with Crippen molar-refractivity contribution in [1.82, 2.24) is 5.32 Å². The van der Waals surface area contributed by atoms with Crippen LogP contribution in [0.4, 0.5) is 8.78 Å². The van der Waals surface area contributed by atoms with E-state index in [-0.39, 0.29) is 18.3 Å². The van der Waals surface area contributed by atoms with E-state index in [1.807, 2.05) is 13.8 Å². The molecular formula is C16H17F2NO2S. The van der Waals surface area contributed by atoms with Crippen LogP contribution in [0.2, 0.25) is 0 Å². The van der Waals surface area contributed by atoms with Gasteiger partial charge in [-0.3, -0.25) is 4.79 Å². The molecule has 1 amide bonds. The lowest BCUT2D eigenvalue weighted by atomic mass is 10.2. The Morgan fingerprint density at radius 2 is 2.09 bits per heavy atom. The van der Waals surface area contributed by atoms with Crippen LogP contribution in [-0.4, -0.2) is 12.5 Å². The number of rotatable bonds is 6. The first-order chi connectivity index (χ1) is 10.5. The number of carbonyl (C=O) groups excluding carboxylic acids is 1. The van der Waals surface area contributed by atoms with Gasteiger partial charge < -0.3 is 10.1 Å². The molecule has 1 aromatic carbocycles. The lowest BCUT2D eigenvalue weighted by Crippen LogP contribution is -2.26. The molecular weight excluding hydrogens is 308 g/mol. The molecule has 0 aliphatic heterocycles.